The summed E-state index contributed by atoms with van der Waals surface area (Å²) in [4.78, 5) is 16.9. The number of nitrogens with zero attached hydrogens (tertiary/aromatic N) is 4. The Bertz CT molecular complexity index is 1350. The number of benzene rings is 3. The summed E-state index contributed by atoms with van der Waals surface area (Å²) in [7, 11) is 0. The molecule has 7 heteroatoms. The second kappa shape index (κ2) is 9.92. The third-order valence-electron chi connectivity index (χ3n) is 6.40. The molecule has 2 heterocycles. The molecule has 1 amide bonds. The Labute approximate surface area is 210 Å². The van der Waals surface area contributed by atoms with Gasteiger partial charge in [-0.15, -0.1) is 10.2 Å². The predicted octanol–water partition coefficient (Wildman–Crippen LogP) is 5.37. The minimum absolute atomic E-state index is 0.0185. The summed E-state index contributed by atoms with van der Waals surface area (Å²) < 4.78 is 5.87. The molecule has 6 nitrogen and oxygen atoms in total. The first-order valence-electron chi connectivity index (χ1n) is 11.8. The van der Waals surface area contributed by atoms with E-state index < -0.39 is 6.10 Å². The molecule has 1 saturated heterocycles. The number of ether oxygens (including phenoxy) is 1. The maximum atomic E-state index is 12.9. The molecule has 0 saturated carbocycles. The van der Waals surface area contributed by atoms with Crippen molar-refractivity contribution in [3.63, 3.8) is 0 Å². The summed E-state index contributed by atoms with van der Waals surface area (Å²) in [6, 6.07) is 24.0. The van der Waals surface area contributed by atoms with Crippen molar-refractivity contribution in [1.29, 1.82) is 0 Å². The van der Waals surface area contributed by atoms with Crippen LogP contribution in [0, 0.1) is 6.92 Å². The normalized spacial score (nSPS) is 14.7. The van der Waals surface area contributed by atoms with Crippen molar-refractivity contribution < 1.29 is 9.53 Å². The zero-order chi connectivity index (χ0) is 24.4. The van der Waals surface area contributed by atoms with E-state index in [1.54, 1.807) is 19.1 Å². The maximum Gasteiger partial charge on any atom is 0.263 e. The van der Waals surface area contributed by atoms with Gasteiger partial charge >= 0.3 is 0 Å². The standard InChI is InChI=1S/C28H27ClN4O2/c1-19-17-24(9-10-25(19)29)35-20(2)28(34)33-15-13-32(14-16-33)27-12-11-26(30-31-27)23-8-7-21-5-3-4-6-22(21)18-23/h3-12,17-18,20H,13-16H2,1-2H3. The van der Waals surface area contributed by atoms with Crippen LogP contribution in [0.4, 0.5) is 5.82 Å². The SMILES string of the molecule is Cc1cc(OC(C)C(=O)N2CCN(c3ccc(-c4ccc5ccccc5c4)nn3)CC2)ccc1Cl. The van der Waals surface area contributed by atoms with E-state index in [9.17, 15) is 4.79 Å². The summed E-state index contributed by atoms with van der Waals surface area (Å²) in [6.45, 7) is 6.32. The molecule has 1 unspecified atom stereocenters. The molecule has 178 valence electrons. The van der Waals surface area contributed by atoms with Crippen molar-refractivity contribution in [2.45, 2.75) is 20.0 Å². The van der Waals surface area contributed by atoms with Gasteiger partial charge in [-0.05, 0) is 66.6 Å². The van der Waals surface area contributed by atoms with Gasteiger partial charge in [0.05, 0.1) is 5.69 Å². The largest absolute Gasteiger partial charge is 0.481 e. The molecule has 1 aliphatic heterocycles. The van der Waals surface area contributed by atoms with E-state index in [4.69, 9.17) is 16.3 Å². The molecule has 3 aromatic carbocycles. The monoisotopic (exact) mass is 486 g/mol. The number of anilines is 1. The van der Waals surface area contributed by atoms with Crippen LogP contribution in [-0.4, -0.2) is 53.3 Å². The average molecular weight is 487 g/mol. The fraction of sp³-hybridized carbons (Fsp3) is 0.250. The Hall–Kier alpha value is -3.64. The molecule has 0 spiro atoms. The molecular weight excluding hydrogens is 460 g/mol. The van der Waals surface area contributed by atoms with Gasteiger partial charge in [0.25, 0.3) is 5.91 Å². The Kier molecular flexibility index (Phi) is 6.55. The van der Waals surface area contributed by atoms with Gasteiger partial charge < -0.3 is 14.5 Å². The van der Waals surface area contributed by atoms with Crippen molar-refractivity contribution in [2.75, 3.05) is 31.1 Å². The van der Waals surface area contributed by atoms with Gasteiger partial charge in [-0.25, -0.2) is 0 Å². The second-order valence-corrected chi connectivity index (χ2v) is 9.23. The minimum atomic E-state index is -0.567. The Morgan fingerprint density at radius 1 is 0.914 bits per heavy atom. The lowest BCUT2D eigenvalue weighted by Gasteiger charge is -2.36. The Morgan fingerprint density at radius 3 is 2.40 bits per heavy atom. The summed E-state index contributed by atoms with van der Waals surface area (Å²) in [5.74, 6) is 1.45. The zero-order valence-electron chi connectivity index (χ0n) is 19.8. The van der Waals surface area contributed by atoms with Crippen molar-refractivity contribution in [2.24, 2.45) is 0 Å². The van der Waals surface area contributed by atoms with E-state index in [-0.39, 0.29) is 5.91 Å². The molecule has 0 bridgehead atoms. The number of carbonyl (C=O) groups excluding carboxylic acids is 1. The number of fused-ring (bicyclic) bond motifs is 1. The number of hydrogen-bond acceptors (Lipinski definition) is 5. The lowest BCUT2D eigenvalue weighted by Crippen LogP contribution is -2.52. The number of carbonyl (C=O) groups is 1. The quantitative estimate of drug-likeness (QED) is 0.379. The summed E-state index contributed by atoms with van der Waals surface area (Å²) in [5, 5.41) is 12.0. The topological polar surface area (TPSA) is 58.6 Å². The molecule has 1 aliphatic rings. The predicted molar refractivity (Wildman–Crippen MR) is 140 cm³/mol. The Balaban J connectivity index is 1.18. The van der Waals surface area contributed by atoms with Gasteiger partial charge in [0.1, 0.15) is 5.75 Å². The van der Waals surface area contributed by atoms with E-state index in [0.29, 0.717) is 37.0 Å². The first-order chi connectivity index (χ1) is 17.0. The number of hydrogen-bond donors (Lipinski definition) is 0. The number of amides is 1. The molecular formula is C28H27ClN4O2. The first-order valence-corrected chi connectivity index (χ1v) is 12.2. The highest BCUT2D eigenvalue weighted by atomic mass is 35.5. The van der Waals surface area contributed by atoms with Crippen LogP contribution in [0.2, 0.25) is 5.02 Å². The summed E-state index contributed by atoms with van der Waals surface area (Å²) >= 11 is 6.08. The number of aromatic nitrogens is 2. The number of aryl methyl sites for hydroxylation is 1. The van der Waals surface area contributed by atoms with Gasteiger partial charge in [0.15, 0.2) is 11.9 Å². The van der Waals surface area contributed by atoms with Gasteiger partial charge in [-0.3, -0.25) is 4.79 Å². The molecule has 0 aliphatic carbocycles. The molecule has 0 radical (unpaired) electrons. The highest BCUT2D eigenvalue weighted by Gasteiger charge is 2.26. The van der Waals surface area contributed by atoms with Gasteiger partial charge in [-0.2, -0.15) is 0 Å². The van der Waals surface area contributed by atoms with Crippen LogP contribution in [0.3, 0.4) is 0 Å². The summed E-state index contributed by atoms with van der Waals surface area (Å²) in [6.07, 6.45) is -0.567. The van der Waals surface area contributed by atoms with Crippen molar-refractivity contribution in [3.8, 4) is 17.0 Å². The Morgan fingerprint density at radius 2 is 1.69 bits per heavy atom. The van der Waals surface area contributed by atoms with E-state index in [0.717, 1.165) is 22.6 Å². The molecule has 1 fully saturated rings. The minimum Gasteiger partial charge on any atom is -0.481 e. The average Bonchev–Trinajstić information content (AvgIpc) is 2.90. The molecule has 35 heavy (non-hydrogen) atoms. The zero-order valence-corrected chi connectivity index (χ0v) is 20.6. The highest BCUT2D eigenvalue weighted by Crippen LogP contribution is 2.25. The van der Waals surface area contributed by atoms with E-state index in [1.165, 1.54) is 10.8 Å². The summed E-state index contributed by atoms with van der Waals surface area (Å²) in [5.41, 5.74) is 2.81. The second-order valence-electron chi connectivity index (χ2n) is 8.82. The van der Waals surface area contributed by atoms with Crippen LogP contribution in [-0.2, 0) is 4.79 Å². The van der Waals surface area contributed by atoms with E-state index in [1.807, 2.05) is 42.2 Å². The van der Waals surface area contributed by atoms with Crippen LogP contribution in [0.25, 0.3) is 22.0 Å². The van der Waals surface area contributed by atoms with Crippen LogP contribution >= 0.6 is 11.6 Å². The van der Waals surface area contributed by atoms with Crippen LogP contribution in [0.1, 0.15) is 12.5 Å². The first kappa shape index (κ1) is 23.1. The maximum absolute atomic E-state index is 12.9. The number of rotatable bonds is 5. The number of halogens is 1. The van der Waals surface area contributed by atoms with E-state index in [2.05, 4.69) is 45.4 Å². The lowest BCUT2D eigenvalue weighted by molar-refractivity contribution is -0.138. The van der Waals surface area contributed by atoms with Gasteiger partial charge in [0.2, 0.25) is 0 Å². The molecule has 4 aromatic rings. The highest BCUT2D eigenvalue weighted by molar-refractivity contribution is 6.31. The molecule has 5 rings (SSSR count). The third kappa shape index (κ3) is 5.08. The van der Waals surface area contributed by atoms with Crippen LogP contribution < -0.4 is 9.64 Å². The van der Waals surface area contributed by atoms with Gasteiger partial charge in [-0.1, -0.05) is 48.0 Å². The third-order valence-corrected chi connectivity index (χ3v) is 6.83. The lowest BCUT2D eigenvalue weighted by atomic mass is 10.1. The molecule has 1 aromatic heterocycles. The van der Waals surface area contributed by atoms with Crippen molar-refractivity contribution >= 4 is 34.1 Å². The van der Waals surface area contributed by atoms with Crippen molar-refractivity contribution in [3.05, 3.63) is 83.4 Å². The van der Waals surface area contributed by atoms with Gasteiger partial charge in [0, 0.05) is 36.8 Å². The van der Waals surface area contributed by atoms with E-state index >= 15 is 0 Å². The number of piperazine rings is 1. The van der Waals surface area contributed by atoms with Crippen LogP contribution in [0.5, 0.6) is 5.75 Å². The fourth-order valence-electron chi connectivity index (χ4n) is 4.35. The molecule has 1 atom stereocenters. The van der Waals surface area contributed by atoms with Crippen molar-refractivity contribution in [1.82, 2.24) is 15.1 Å². The fourth-order valence-corrected chi connectivity index (χ4v) is 4.47. The smallest absolute Gasteiger partial charge is 0.263 e. The molecule has 0 N–H and O–H groups in total. The van der Waals surface area contributed by atoms with Crippen LogP contribution in [0.15, 0.2) is 72.8 Å².